The van der Waals surface area contributed by atoms with Gasteiger partial charge in [-0.05, 0) is 49.7 Å². The summed E-state index contributed by atoms with van der Waals surface area (Å²) in [5.74, 6) is -0.759. The van der Waals surface area contributed by atoms with Gasteiger partial charge in [0.2, 0.25) is 0 Å². The summed E-state index contributed by atoms with van der Waals surface area (Å²) in [5, 5.41) is 18.5. The van der Waals surface area contributed by atoms with E-state index in [9.17, 15) is 14.9 Å². The molecule has 1 atom stereocenters. The van der Waals surface area contributed by atoms with Crippen molar-refractivity contribution in [2.45, 2.75) is 17.9 Å². The molecule has 0 saturated heterocycles. The molecule has 0 fully saturated rings. The predicted molar refractivity (Wildman–Crippen MR) is 195 cm³/mol. The van der Waals surface area contributed by atoms with Crippen LogP contribution in [-0.2, 0) is 0 Å². The Balaban J connectivity index is 1.45. The molecule has 0 bridgehead atoms. The van der Waals surface area contributed by atoms with Gasteiger partial charge in [-0.25, -0.2) is 0 Å². The highest BCUT2D eigenvalue weighted by Gasteiger charge is 2.36. The summed E-state index contributed by atoms with van der Waals surface area (Å²) >= 11 is 0. The zero-order valence-corrected chi connectivity index (χ0v) is 26.6. The first kappa shape index (κ1) is 30.0. The second-order valence-electron chi connectivity index (χ2n) is 12.5. The molecule has 5 heteroatoms. The number of hydrogen-bond donors (Lipinski definition) is 1. The Kier molecular flexibility index (Phi) is 7.78. The molecule has 0 aromatic heterocycles. The van der Waals surface area contributed by atoms with Crippen molar-refractivity contribution in [1.82, 2.24) is 0 Å². The Morgan fingerprint density at radius 2 is 0.980 bits per heavy atom. The van der Waals surface area contributed by atoms with Gasteiger partial charge < -0.3 is 5.32 Å². The number of nitrogens with zero attached hydrogens (tertiary/aromatic N) is 1. The molecule has 0 amide bonds. The van der Waals surface area contributed by atoms with Crippen molar-refractivity contribution in [3.63, 3.8) is 0 Å². The van der Waals surface area contributed by atoms with E-state index in [1.165, 1.54) is 0 Å². The van der Waals surface area contributed by atoms with Crippen molar-refractivity contribution in [3.05, 3.63) is 224 Å². The van der Waals surface area contributed by atoms with Gasteiger partial charge in [-0.15, -0.1) is 0 Å². The fourth-order valence-corrected chi connectivity index (χ4v) is 7.48. The number of non-ortho nitro benzene ring substituents is 1. The number of rotatable bonds is 9. The quantitative estimate of drug-likeness (QED) is 0.0972. The van der Waals surface area contributed by atoms with Gasteiger partial charge in [-0.3, -0.25) is 14.9 Å². The van der Waals surface area contributed by atoms with Crippen LogP contribution in [0.3, 0.4) is 0 Å². The van der Waals surface area contributed by atoms with Crippen LogP contribution < -0.4 is 5.32 Å². The van der Waals surface area contributed by atoms with Crippen LogP contribution in [0.25, 0.3) is 10.8 Å². The third-order valence-corrected chi connectivity index (χ3v) is 9.61. The summed E-state index contributed by atoms with van der Waals surface area (Å²) in [7, 11) is 0. The number of carbonyl (C=O) groups is 1. The molecule has 236 valence electrons. The van der Waals surface area contributed by atoms with Gasteiger partial charge in [0.25, 0.3) is 5.69 Å². The number of nitrogens with one attached hydrogen (secondary N) is 1. The van der Waals surface area contributed by atoms with Gasteiger partial charge in [-0.2, -0.15) is 0 Å². The largest absolute Gasteiger partial charge is 0.371 e. The molecule has 1 N–H and O–H groups in total. The van der Waals surface area contributed by atoms with Crippen molar-refractivity contribution in [2.75, 3.05) is 5.32 Å². The second kappa shape index (κ2) is 12.7. The van der Waals surface area contributed by atoms with Crippen molar-refractivity contribution in [3.8, 4) is 0 Å². The maximum Gasteiger partial charge on any atom is 0.270 e. The molecule has 5 nitrogen and oxygen atoms in total. The standard InChI is InChI=1S/C44H32N2O3/c47-44-36-26-14-24-33-23-13-25-35(41(33)36)43(44)45-42-37(39(29-15-5-1-6-16-29)30-17-7-2-8-18-30)27-34(46(48)49)28-38(42)40(31-19-9-3-10-20-31)32-21-11-4-12-22-32/h1-28,39-40,43,45H. The summed E-state index contributed by atoms with van der Waals surface area (Å²) < 4.78 is 0. The average molecular weight is 637 g/mol. The van der Waals surface area contributed by atoms with E-state index < -0.39 is 6.04 Å². The average Bonchev–Trinajstić information content (AvgIpc) is 3.42. The molecular formula is C44H32N2O3. The number of hydrogen-bond acceptors (Lipinski definition) is 4. The predicted octanol–water partition coefficient (Wildman–Crippen LogP) is 10.5. The lowest BCUT2D eigenvalue weighted by atomic mass is 9.78. The summed E-state index contributed by atoms with van der Waals surface area (Å²) in [6.07, 6.45) is 0. The van der Waals surface area contributed by atoms with E-state index >= 15 is 0 Å². The lowest BCUT2D eigenvalue weighted by Crippen LogP contribution is -2.21. The van der Waals surface area contributed by atoms with E-state index in [0.717, 1.165) is 49.7 Å². The topological polar surface area (TPSA) is 72.2 Å². The van der Waals surface area contributed by atoms with E-state index in [-0.39, 0.29) is 28.2 Å². The summed E-state index contributed by atoms with van der Waals surface area (Å²) in [6, 6.07) is 54.9. The van der Waals surface area contributed by atoms with Gasteiger partial charge >= 0.3 is 0 Å². The van der Waals surface area contributed by atoms with Crippen LogP contribution in [0.15, 0.2) is 170 Å². The van der Waals surface area contributed by atoms with Gasteiger partial charge in [0.15, 0.2) is 5.78 Å². The van der Waals surface area contributed by atoms with Crippen LogP contribution >= 0.6 is 0 Å². The van der Waals surface area contributed by atoms with E-state index in [0.29, 0.717) is 11.3 Å². The van der Waals surface area contributed by atoms with E-state index in [2.05, 4.69) is 53.8 Å². The number of benzene rings is 7. The molecule has 7 aromatic rings. The normalized spacial score (nSPS) is 13.7. The monoisotopic (exact) mass is 636 g/mol. The Morgan fingerprint density at radius 1 is 0.551 bits per heavy atom. The van der Waals surface area contributed by atoms with Crippen LogP contribution in [0.4, 0.5) is 11.4 Å². The maximum absolute atomic E-state index is 14.3. The molecule has 7 aromatic carbocycles. The first-order chi connectivity index (χ1) is 24.1. The summed E-state index contributed by atoms with van der Waals surface area (Å²) in [6.45, 7) is 0. The number of nitro groups is 1. The number of anilines is 1. The summed E-state index contributed by atoms with van der Waals surface area (Å²) in [5.41, 5.74) is 7.70. The van der Waals surface area contributed by atoms with E-state index in [4.69, 9.17) is 0 Å². The molecule has 1 unspecified atom stereocenters. The lowest BCUT2D eigenvalue weighted by Gasteiger charge is -2.29. The van der Waals surface area contributed by atoms with E-state index in [1.807, 2.05) is 109 Å². The van der Waals surface area contributed by atoms with Crippen LogP contribution in [-0.4, -0.2) is 10.7 Å². The highest BCUT2D eigenvalue weighted by Crippen LogP contribution is 2.48. The molecule has 0 spiro atoms. The maximum atomic E-state index is 14.3. The highest BCUT2D eigenvalue weighted by atomic mass is 16.6. The van der Waals surface area contributed by atoms with Crippen LogP contribution in [0.2, 0.25) is 0 Å². The Bertz CT molecular complexity index is 2120. The minimum atomic E-state index is -0.681. The number of ketones is 1. The van der Waals surface area contributed by atoms with Gasteiger partial charge in [0.05, 0.1) is 4.92 Å². The van der Waals surface area contributed by atoms with Crippen molar-refractivity contribution >= 4 is 27.9 Å². The van der Waals surface area contributed by atoms with Gasteiger partial charge in [-0.1, -0.05) is 158 Å². The molecule has 1 aliphatic rings. The molecule has 0 radical (unpaired) electrons. The van der Waals surface area contributed by atoms with Crippen molar-refractivity contribution in [2.24, 2.45) is 0 Å². The van der Waals surface area contributed by atoms with Crippen molar-refractivity contribution in [1.29, 1.82) is 0 Å². The number of Topliss-reactive ketones (excluding diaryl/α,β-unsaturated/α-hetero) is 1. The highest BCUT2D eigenvalue weighted by molar-refractivity contribution is 6.19. The zero-order valence-electron chi connectivity index (χ0n) is 26.6. The first-order valence-corrected chi connectivity index (χ1v) is 16.4. The molecule has 1 aliphatic carbocycles. The summed E-state index contributed by atoms with van der Waals surface area (Å²) in [4.78, 5) is 26.8. The Hall–Kier alpha value is -6.33. The Labute approximate surface area is 284 Å². The first-order valence-electron chi connectivity index (χ1n) is 16.4. The fraction of sp³-hybridized carbons (Fsp3) is 0.0682. The fourth-order valence-electron chi connectivity index (χ4n) is 7.48. The lowest BCUT2D eigenvalue weighted by molar-refractivity contribution is -0.385. The molecule has 49 heavy (non-hydrogen) atoms. The van der Waals surface area contributed by atoms with Crippen molar-refractivity contribution < 1.29 is 9.72 Å². The minimum Gasteiger partial charge on any atom is -0.371 e. The molecule has 0 aliphatic heterocycles. The molecule has 8 rings (SSSR count). The second-order valence-corrected chi connectivity index (χ2v) is 12.5. The van der Waals surface area contributed by atoms with Crippen LogP contribution in [0.1, 0.15) is 67.2 Å². The SMILES string of the molecule is O=C1c2cccc3cccc(c23)C1Nc1c(C(c2ccccc2)c2ccccc2)cc([N+](=O)[O-])cc1C(c1ccccc1)c1ccccc1. The zero-order chi connectivity index (χ0) is 33.3. The smallest absolute Gasteiger partial charge is 0.270 e. The van der Waals surface area contributed by atoms with Crippen LogP contribution in [0.5, 0.6) is 0 Å². The third-order valence-electron chi connectivity index (χ3n) is 9.61. The molecule has 0 saturated carbocycles. The third kappa shape index (κ3) is 5.45. The van der Waals surface area contributed by atoms with Crippen LogP contribution in [0, 0.1) is 10.1 Å². The number of carbonyl (C=O) groups excluding carboxylic acids is 1. The molecular weight excluding hydrogens is 604 g/mol. The Morgan fingerprint density at radius 3 is 1.41 bits per heavy atom. The van der Waals surface area contributed by atoms with Gasteiger partial charge in [0.1, 0.15) is 6.04 Å². The van der Waals surface area contributed by atoms with Gasteiger partial charge in [0, 0.05) is 35.2 Å². The number of nitro benzene ring substituents is 1. The van der Waals surface area contributed by atoms with E-state index in [1.54, 1.807) is 12.1 Å². The molecule has 0 heterocycles. The minimum absolute atomic E-state index is 0.00703.